The van der Waals surface area contributed by atoms with E-state index in [1.54, 1.807) is 4.68 Å². The first-order valence-electron chi connectivity index (χ1n) is 5.41. The minimum atomic E-state index is -0.460. The van der Waals surface area contributed by atoms with Crippen LogP contribution in [0.25, 0.3) is 5.95 Å². The average Bonchev–Trinajstić information content (AvgIpc) is 2.75. The summed E-state index contributed by atoms with van der Waals surface area (Å²) in [4.78, 5) is 7.82. The Morgan fingerprint density at radius 2 is 2.18 bits per heavy atom. The van der Waals surface area contributed by atoms with E-state index in [-0.39, 0.29) is 6.04 Å². The fourth-order valence-electron chi connectivity index (χ4n) is 1.96. The molecule has 1 atom stereocenters. The monoisotopic (exact) mass is 234 g/mol. The Hall–Kier alpha value is -1.89. The smallest absolute Gasteiger partial charge is 0.252 e. The summed E-state index contributed by atoms with van der Waals surface area (Å²) in [6.45, 7) is 2.89. The van der Waals surface area contributed by atoms with E-state index >= 15 is 0 Å². The highest BCUT2D eigenvalue weighted by molar-refractivity contribution is 5.24. The van der Waals surface area contributed by atoms with Crippen LogP contribution in [-0.2, 0) is 6.42 Å². The van der Waals surface area contributed by atoms with Crippen LogP contribution in [0.4, 0.5) is 4.39 Å². The van der Waals surface area contributed by atoms with Crippen LogP contribution in [0.1, 0.15) is 24.4 Å². The van der Waals surface area contributed by atoms with Gasteiger partial charge in [-0.15, -0.1) is 5.10 Å². The topological polar surface area (TPSA) is 68.5 Å². The Labute approximate surface area is 96.9 Å². The van der Waals surface area contributed by atoms with Crippen LogP contribution >= 0.6 is 0 Å². The second kappa shape index (κ2) is 3.85. The van der Waals surface area contributed by atoms with Crippen LogP contribution in [0.3, 0.4) is 0 Å². The van der Waals surface area contributed by atoms with E-state index in [2.05, 4.69) is 25.6 Å². The molecule has 1 aliphatic rings. The number of hydrogen-bond acceptors (Lipinski definition) is 5. The number of rotatable bonds is 1. The Morgan fingerprint density at radius 1 is 1.41 bits per heavy atom. The molecule has 6 nitrogen and oxygen atoms in total. The molecule has 0 bridgehead atoms. The standard InChI is InChI=1S/C10H11FN6/c1-6-9-8(2-3-12-6)17(16-15-9)10-13-4-7(11)5-14-10/h4-6,12H,2-3H2,1H3/t6-/m0/s1. The van der Waals surface area contributed by atoms with E-state index < -0.39 is 5.82 Å². The first kappa shape index (κ1) is 10.3. The normalized spacial score (nSPS) is 19.1. The molecule has 2 aromatic rings. The lowest BCUT2D eigenvalue weighted by molar-refractivity contribution is 0.522. The van der Waals surface area contributed by atoms with Crippen molar-refractivity contribution in [1.29, 1.82) is 0 Å². The van der Waals surface area contributed by atoms with Gasteiger partial charge >= 0.3 is 0 Å². The molecule has 3 rings (SSSR count). The second-order valence-corrected chi connectivity index (χ2v) is 3.96. The van der Waals surface area contributed by atoms with Crippen molar-refractivity contribution in [2.45, 2.75) is 19.4 Å². The molecule has 3 heterocycles. The first-order valence-corrected chi connectivity index (χ1v) is 5.41. The zero-order chi connectivity index (χ0) is 11.8. The quantitative estimate of drug-likeness (QED) is 0.773. The number of halogens is 1. The molecule has 0 amide bonds. The van der Waals surface area contributed by atoms with Crippen molar-refractivity contribution in [3.63, 3.8) is 0 Å². The highest BCUT2D eigenvalue weighted by atomic mass is 19.1. The van der Waals surface area contributed by atoms with Gasteiger partial charge in [0.2, 0.25) is 0 Å². The first-order chi connectivity index (χ1) is 8.25. The SMILES string of the molecule is C[C@@H]1NCCc2c1nnn2-c1ncc(F)cn1. The number of hydrogen-bond donors (Lipinski definition) is 1. The summed E-state index contributed by atoms with van der Waals surface area (Å²) in [6, 6.07) is 0.174. The van der Waals surface area contributed by atoms with Crippen LogP contribution in [0, 0.1) is 5.82 Å². The van der Waals surface area contributed by atoms with Gasteiger partial charge < -0.3 is 5.32 Å². The molecule has 0 aliphatic carbocycles. The molecular formula is C10H11FN6. The van der Waals surface area contributed by atoms with Crippen LogP contribution in [-0.4, -0.2) is 31.5 Å². The Bertz CT molecular complexity index is 534. The highest BCUT2D eigenvalue weighted by Gasteiger charge is 2.23. The predicted molar refractivity (Wildman–Crippen MR) is 57.0 cm³/mol. The maximum atomic E-state index is 12.7. The summed E-state index contributed by atoms with van der Waals surface area (Å²) >= 11 is 0. The molecule has 0 spiro atoms. The molecule has 0 saturated heterocycles. The highest BCUT2D eigenvalue weighted by Crippen LogP contribution is 2.20. The van der Waals surface area contributed by atoms with Gasteiger partial charge in [-0.3, -0.25) is 0 Å². The molecule has 0 fully saturated rings. The fraction of sp³-hybridized carbons (Fsp3) is 0.400. The molecule has 1 N–H and O–H groups in total. The zero-order valence-electron chi connectivity index (χ0n) is 9.26. The van der Waals surface area contributed by atoms with Crippen LogP contribution in [0.2, 0.25) is 0 Å². The summed E-state index contributed by atoms with van der Waals surface area (Å²) in [7, 11) is 0. The third kappa shape index (κ3) is 1.68. The van der Waals surface area contributed by atoms with Crippen molar-refractivity contribution < 1.29 is 4.39 Å². The third-order valence-corrected chi connectivity index (χ3v) is 2.81. The minimum Gasteiger partial charge on any atom is -0.308 e. The van der Waals surface area contributed by atoms with E-state index in [0.717, 1.165) is 36.7 Å². The minimum absolute atomic E-state index is 0.174. The van der Waals surface area contributed by atoms with Gasteiger partial charge in [-0.2, -0.15) is 4.68 Å². The molecule has 17 heavy (non-hydrogen) atoms. The maximum Gasteiger partial charge on any atom is 0.252 e. The number of nitrogens with one attached hydrogen (secondary N) is 1. The lowest BCUT2D eigenvalue weighted by Crippen LogP contribution is -2.28. The largest absolute Gasteiger partial charge is 0.308 e. The molecule has 0 unspecified atom stereocenters. The summed E-state index contributed by atoms with van der Waals surface area (Å²) < 4.78 is 14.3. The molecule has 1 aliphatic heterocycles. The molecule has 2 aromatic heterocycles. The molecule has 88 valence electrons. The van der Waals surface area contributed by atoms with Crippen LogP contribution in [0.5, 0.6) is 0 Å². The lowest BCUT2D eigenvalue weighted by atomic mass is 10.1. The average molecular weight is 234 g/mol. The number of fused-ring (bicyclic) bond motifs is 1. The van der Waals surface area contributed by atoms with Gasteiger partial charge in [-0.1, -0.05) is 5.21 Å². The van der Waals surface area contributed by atoms with Gasteiger partial charge in [0, 0.05) is 13.0 Å². The molecule has 0 saturated carbocycles. The van der Waals surface area contributed by atoms with Gasteiger partial charge in [-0.25, -0.2) is 14.4 Å². The Balaban J connectivity index is 2.07. The number of aromatic nitrogens is 5. The van der Waals surface area contributed by atoms with Crippen molar-refractivity contribution in [2.24, 2.45) is 0 Å². The molecule has 7 heteroatoms. The molecular weight excluding hydrogens is 223 g/mol. The van der Waals surface area contributed by atoms with Crippen molar-refractivity contribution in [3.8, 4) is 5.95 Å². The van der Waals surface area contributed by atoms with E-state index in [1.807, 2.05) is 6.92 Å². The summed E-state index contributed by atoms with van der Waals surface area (Å²) in [5.74, 6) is -0.105. The van der Waals surface area contributed by atoms with E-state index in [9.17, 15) is 4.39 Å². The van der Waals surface area contributed by atoms with Gasteiger partial charge in [0.05, 0.1) is 24.1 Å². The second-order valence-electron chi connectivity index (χ2n) is 3.96. The maximum absolute atomic E-state index is 12.7. The fourth-order valence-corrected chi connectivity index (χ4v) is 1.96. The summed E-state index contributed by atoms with van der Waals surface area (Å²) in [5.41, 5.74) is 1.90. The Kier molecular flexibility index (Phi) is 2.32. The van der Waals surface area contributed by atoms with E-state index in [1.165, 1.54) is 0 Å². The van der Waals surface area contributed by atoms with Crippen molar-refractivity contribution >= 4 is 0 Å². The summed E-state index contributed by atoms with van der Waals surface area (Å²) in [6.07, 6.45) is 3.06. The van der Waals surface area contributed by atoms with Gasteiger partial charge in [0.25, 0.3) is 5.95 Å². The third-order valence-electron chi connectivity index (χ3n) is 2.81. The van der Waals surface area contributed by atoms with Gasteiger partial charge in [0.15, 0.2) is 5.82 Å². The molecule has 0 aromatic carbocycles. The van der Waals surface area contributed by atoms with Crippen molar-refractivity contribution in [1.82, 2.24) is 30.3 Å². The molecule has 0 radical (unpaired) electrons. The van der Waals surface area contributed by atoms with Crippen molar-refractivity contribution in [2.75, 3.05) is 6.54 Å². The van der Waals surface area contributed by atoms with Crippen molar-refractivity contribution in [3.05, 3.63) is 29.6 Å². The van der Waals surface area contributed by atoms with Gasteiger partial charge in [-0.05, 0) is 6.92 Å². The summed E-state index contributed by atoms with van der Waals surface area (Å²) in [5, 5.41) is 11.4. The van der Waals surface area contributed by atoms with E-state index in [0.29, 0.717) is 5.95 Å². The van der Waals surface area contributed by atoms with Gasteiger partial charge in [0.1, 0.15) is 5.69 Å². The lowest BCUT2D eigenvalue weighted by Gasteiger charge is -2.18. The zero-order valence-corrected chi connectivity index (χ0v) is 9.26. The van der Waals surface area contributed by atoms with E-state index in [4.69, 9.17) is 0 Å². The predicted octanol–water partition coefficient (Wildman–Crippen LogP) is 0.403. The Morgan fingerprint density at radius 3 is 2.94 bits per heavy atom. The number of nitrogens with zero attached hydrogens (tertiary/aromatic N) is 5. The van der Waals surface area contributed by atoms with Crippen LogP contribution < -0.4 is 5.32 Å². The van der Waals surface area contributed by atoms with Crippen LogP contribution in [0.15, 0.2) is 12.4 Å².